The minimum Gasteiger partial charge on any atom is -0.426 e. The molecule has 4 nitrogen and oxygen atoms in total. The summed E-state index contributed by atoms with van der Waals surface area (Å²) in [5, 5.41) is 0. The van der Waals surface area contributed by atoms with Crippen molar-refractivity contribution in [3.8, 4) is 5.75 Å². The first kappa shape index (κ1) is 19.9. The predicted octanol–water partition coefficient (Wildman–Crippen LogP) is 4.85. The molecule has 0 spiro atoms. The molecule has 0 aliphatic carbocycles. The van der Waals surface area contributed by atoms with Gasteiger partial charge >= 0.3 is 5.97 Å². The van der Waals surface area contributed by atoms with E-state index in [1.165, 1.54) is 5.56 Å². The molecule has 1 amide bonds. The van der Waals surface area contributed by atoms with Gasteiger partial charge in [0.2, 0.25) is 5.91 Å². The SMILES string of the molecule is Cc1ccc(C)c(N2C[C@H](C(=O)Oc3ccc(Cc4ccccc4)cc3)CC2=O)c1. The number of anilines is 1. The Kier molecular flexibility index (Phi) is 5.66. The van der Waals surface area contributed by atoms with E-state index in [0.29, 0.717) is 12.3 Å². The molecule has 1 aliphatic rings. The number of nitrogens with zero attached hydrogens (tertiary/aromatic N) is 1. The van der Waals surface area contributed by atoms with Crippen LogP contribution in [0.5, 0.6) is 5.75 Å². The lowest BCUT2D eigenvalue weighted by Crippen LogP contribution is -2.27. The molecule has 152 valence electrons. The highest BCUT2D eigenvalue weighted by Gasteiger charge is 2.37. The molecule has 0 aromatic heterocycles. The van der Waals surface area contributed by atoms with Crippen LogP contribution in [0, 0.1) is 19.8 Å². The Morgan fingerprint density at radius 3 is 2.40 bits per heavy atom. The number of hydrogen-bond acceptors (Lipinski definition) is 3. The molecule has 0 N–H and O–H groups in total. The summed E-state index contributed by atoms with van der Waals surface area (Å²) in [6.07, 6.45) is 1.01. The van der Waals surface area contributed by atoms with Crippen molar-refractivity contribution in [3.63, 3.8) is 0 Å². The van der Waals surface area contributed by atoms with E-state index >= 15 is 0 Å². The Morgan fingerprint density at radius 2 is 1.67 bits per heavy atom. The van der Waals surface area contributed by atoms with Crippen LogP contribution in [0.3, 0.4) is 0 Å². The van der Waals surface area contributed by atoms with Crippen molar-refractivity contribution in [1.82, 2.24) is 0 Å². The van der Waals surface area contributed by atoms with Crippen molar-refractivity contribution in [1.29, 1.82) is 0 Å². The molecule has 4 rings (SSSR count). The van der Waals surface area contributed by atoms with E-state index in [0.717, 1.165) is 28.8 Å². The fourth-order valence-corrected chi connectivity index (χ4v) is 3.81. The molecule has 1 heterocycles. The zero-order valence-corrected chi connectivity index (χ0v) is 17.3. The van der Waals surface area contributed by atoms with E-state index in [-0.39, 0.29) is 18.3 Å². The molecule has 3 aromatic carbocycles. The van der Waals surface area contributed by atoms with Gasteiger partial charge in [-0.3, -0.25) is 9.59 Å². The zero-order chi connectivity index (χ0) is 21.1. The van der Waals surface area contributed by atoms with E-state index in [1.807, 2.05) is 74.5 Å². The van der Waals surface area contributed by atoms with Crippen molar-refractivity contribution in [3.05, 3.63) is 95.1 Å². The molecule has 30 heavy (non-hydrogen) atoms. The molecule has 0 radical (unpaired) electrons. The average molecular weight is 399 g/mol. The molecule has 1 fully saturated rings. The Morgan fingerprint density at radius 1 is 0.967 bits per heavy atom. The van der Waals surface area contributed by atoms with Crippen LogP contribution in [0.2, 0.25) is 0 Å². The van der Waals surface area contributed by atoms with Gasteiger partial charge < -0.3 is 9.64 Å². The highest BCUT2D eigenvalue weighted by molar-refractivity contribution is 6.00. The van der Waals surface area contributed by atoms with E-state index in [1.54, 1.807) is 4.90 Å². The van der Waals surface area contributed by atoms with Crippen molar-refractivity contribution in [2.45, 2.75) is 26.7 Å². The summed E-state index contributed by atoms with van der Waals surface area (Å²) in [4.78, 5) is 26.9. The number of carbonyl (C=O) groups is 2. The fraction of sp³-hybridized carbons (Fsp3) is 0.231. The molecule has 1 aliphatic heterocycles. The molecular weight excluding hydrogens is 374 g/mol. The molecule has 1 saturated heterocycles. The first-order chi connectivity index (χ1) is 14.5. The van der Waals surface area contributed by atoms with Crippen LogP contribution in [0.4, 0.5) is 5.69 Å². The number of esters is 1. The van der Waals surface area contributed by atoms with Gasteiger partial charge in [-0.05, 0) is 60.7 Å². The third-order valence-electron chi connectivity index (χ3n) is 5.51. The number of carbonyl (C=O) groups excluding carboxylic acids is 2. The Hall–Kier alpha value is -3.40. The number of ether oxygens (including phenoxy) is 1. The van der Waals surface area contributed by atoms with Crippen LogP contribution >= 0.6 is 0 Å². The number of aryl methyl sites for hydroxylation is 2. The summed E-state index contributed by atoms with van der Waals surface area (Å²) in [6, 6.07) is 23.8. The van der Waals surface area contributed by atoms with Gasteiger partial charge in [0.05, 0.1) is 5.92 Å². The second-order valence-electron chi connectivity index (χ2n) is 7.92. The summed E-state index contributed by atoms with van der Waals surface area (Å²) in [7, 11) is 0. The van der Waals surface area contributed by atoms with Crippen LogP contribution in [0.1, 0.15) is 28.7 Å². The summed E-state index contributed by atoms with van der Waals surface area (Å²) in [6.45, 7) is 4.33. The maximum atomic E-state index is 12.7. The van der Waals surface area contributed by atoms with Gasteiger partial charge in [-0.2, -0.15) is 0 Å². The quantitative estimate of drug-likeness (QED) is 0.455. The number of hydrogen-bond donors (Lipinski definition) is 0. The maximum Gasteiger partial charge on any atom is 0.316 e. The molecule has 0 saturated carbocycles. The maximum absolute atomic E-state index is 12.7. The summed E-state index contributed by atoms with van der Waals surface area (Å²) >= 11 is 0. The van der Waals surface area contributed by atoms with Gasteiger partial charge in [-0.25, -0.2) is 0 Å². The van der Waals surface area contributed by atoms with Crippen molar-refractivity contribution < 1.29 is 14.3 Å². The monoisotopic (exact) mass is 399 g/mol. The average Bonchev–Trinajstić information content (AvgIpc) is 3.14. The molecule has 0 unspecified atom stereocenters. The van der Waals surface area contributed by atoms with Crippen LogP contribution in [0.25, 0.3) is 0 Å². The van der Waals surface area contributed by atoms with Crippen LogP contribution in [-0.2, 0) is 16.0 Å². The topological polar surface area (TPSA) is 46.6 Å². The normalized spacial score (nSPS) is 16.0. The second kappa shape index (κ2) is 8.54. The number of rotatable bonds is 5. The van der Waals surface area contributed by atoms with Gasteiger partial charge in [-0.1, -0.05) is 54.6 Å². The van der Waals surface area contributed by atoms with E-state index < -0.39 is 5.92 Å². The summed E-state index contributed by atoms with van der Waals surface area (Å²) in [5.74, 6) is -0.341. The number of amides is 1. The van der Waals surface area contributed by atoms with Crippen LogP contribution in [0.15, 0.2) is 72.8 Å². The summed E-state index contributed by atoms with van der Waals surface area (Å²) < 4.78 is 5.57. The Labute approximate surface area is 177 Å². The zero-order valence-electron chi connectivity index (χ0n) is 17.3. The van der Waals surface area contributed by atoms with Crippen molar-refractivity contribution in [2.75, 3.05) is 11.4 Å². The number of benzene rings is 3. The fourth-order valence-electron chi connectivity index (χ4n) is 3.81. The van der Waals surface area contributed by atoms with Gasteiger partial charge in [0, 0.05) is 18.7 Å². The minimum atomic E-state index is -0.457. The first-order valence-corrected chi connectivity index (χ1v) is 10.2. The molecular formula is C26H25NO3. The van der Waals surface area contributed by atoms with E-state index in [9.17, 15) is 9.59 Å². The largest absolute Gasteiger partial charge is 0.426 e. The van der Waals surface area contributed by atoms with Crippen LogP contribution in [-0.4, -0.2) is 18.4 Å². The third-order valence-corrected chi connectivity index (χ3v) is 5.51. The van der Waals surface area contributed by atoms with Crippen molar-refractivity contribution >= 4 is 17.6 Å². The second-order valence-corrected chi connectivity index (χ2v) is 7.92. The lowest BCUT2D eigenvalue weighted by molar-refractivity contribution is -0.139. The Bertz CT molecular complexity index is 1060. The lowest BCUT2D eigenvalue weighted by Gasteiger charge is -2.19. The lowest BCUT2D eigenvalue weighted by atomic mass is 10.1. The highest BCUT2D eigenvalue weighted by atomic mass is 16.5. The van der Waals surface area contributed by atoms with Crippen LogP contribution < -0.4 is 9.64 Å². The molecule has 0 bridgehead atoms. The standard InChI is InChI=1S/C26H25NO3/c1-18-8-9-19(2)24(14-18)27-17-22(16-25(27)28)26(29)30-23-12-10-21(11-13-23)15-20-6-4-3-5-7-20/h3-14,22H,15-17H2,1-2H3/t22-/m1/s1. The molecule has 1 atom stereocenters. The third kappa shape index (κ3) is 4.43. The van der Waals surface area contributed by atoms with Gasteiger partial charge in [0.15, 0.2) is 0 Å². The van der Waals surface area contributed by atoms with Gasteiger partial charge in [-0.15, -0.1) is 0 Å². The minimum absolute atomic E-state index is 0.0381. The van der Waals surface area contributed by atoms with E-state index in [4.69, 9.17) is 4.74 Å². The smallest absolute Gasteiger partial charge is 0.316 e. The highest BCUT2D eigenvalue weighted by Crippen LogP contribution is 2.29. The van der Waals surface area contributed by atoms with E-state index in [2.05, 4.69) is 12.1 Å². The molecule has 3 aromatic rings. The summed E-state index contributed by atoms with van der Waals surface area (Å²) in [5.41, 5.74) is 5.37. The van der Waals surface area contributed by atoms with Crippen molar-refractivity contribution in [2.24, 2.45) is 5.92 Å². The van der Waals surface area contributed by atoms with Gasteiger partial charge in [0.1, 0.15) is 5.75 Å². The predicted molar refractivity (Wildman–Crippen MR) is 118 cm³/mol. The molecule has 4 heteroatoms. The first-order valence-electron chi connectivity index (χ1n) is 10.2. The Balaban J connectivity index is 1.39. The van der Waals surface area contributed by atoms with Gasteiger partial charge in [0.25, 0.3) is 0 Å².